The largest absolute Gasteiger partial charge is 0.493 e. The highest BCUT2D eigenvalue weighted by Gasteiger charge is 2.07. The molecule has 0 fully saturated rings. The van der Waals surface area contributed by atoms with E-state index in [4.69, 9.17) is 9.47 Å². The van der Waals surface area contributed by atoms with Crippen LogP contribution in [-0.2, 0) is 6.54 Å². The summed E-state index contributed by atoms with van der Waals surface area (Å²) in [4.78, 5) is 3.60. The molecule has 0 saturated heterocycles. The second kappa shape index (κ2) is 6.92. The maximum absolute atomic E-state index is 12.7. The Morgan fingerprint density at radius 3 is 2.62 bits per heavy atom. The first kappa shape index (κ1) is 15.1. The number of ether oxygens (including phenoxy) is 2. The van der Waals surface area contributed by atoms with Gasteiger partial charge in [-0.1, -0.05) is 6.07 Å². The van der Waals surface area contributed by atoms with Gasteiger partial charge in [-0.2, -0.15) is 4.39 Å². The zero-order chi connectivity index (χ0) is 15.2. The number of hydrogen-bond donors (Lipinski definition) is 1. The maximum atomic E-state index is 12.7. The zero-order valence-electron chi connectivity index (χ0n) is 12.4. The van der Waals surface area contributed by atoms with Crippen molar-refractivity contribution in [1.29, 1.82) is 0 Å². The molecule has 0 bridgehead atoms. The minimum Gasteiger partial charge on any atom is -0.493 e. The SMILES string of the molecule is COc1cc(CNc2ccc(F)nc2)ccc1OC(C)C. The Morgan fingerprint density at radius 2 is 2.00 bits per heavy atom. The summed E-state index contributed by atoms with van der Waals surface area (Å²) < 4.78 is 23.7. The molecule has 0 atom stereocenters. The third kappa shape index (κ3) is 4.34. The van der Waals surface area contributed by atoms with E-state index in [0.29, 0.717) is 12.3 Å². The summed E-state index contributed by atoms with van der Waals surface area (Å²) in [6.45, 7) is 4.53. The molecule has 0 aliphatic carbocycles. The molecule has 1 aromatic carbocycles. The van der Waals surface area contributed by atoms with Crippen molar-refractivity contribution in [1.82, 2.24) is 4.98 Å². The van der Waals surface area contributed by atoms with E-state index in [1.165, 1.54) is 12.3 Å². The van der Waals surface area contributed by atoms with E-state index in [1.54, 1.807) is 13.2 Å². The number of pyridine rings is 1. The first-order valence-electron chi connectivity index (χ1n) is 6.77. The molecule has 0 aliphatic rings. The van der Waals surface area contributed by atoms with Gasteiger partial charge in [0.1, 0.15) is 0 Å². The number of aromatic nitrogens is 1. The zero-order valence-corrected chi connectivity index (χ0v) is 12.4. The molecule has 1 aromatic heterocycles. The Kier molecular flexibility index (Phi) is 4.98. The molecule has 2 aromatic rings. The number of benzene rings is 1. The highest BCUT2D eigenvalue weighted by Crippen LogP contribution is 2.29. The quantitative estimate of drug-likeness (QED) is 0.825. The number of methoxy groups -OCH3 is 1. The maximum Gasteiger partial charge on any atom is 0.212 e. The lowest BCUT2D eigenvalue weighted by atomic mass is 10.2. The lowest BCUT2D eigenvalue weighted by molar-refractivity contribution is 0.230. The molecule has 0 aliphatic heterocycles. The molecule has 1 heterocycles. The molecular weight excluding hydrogens is 271 g/mol. The van der Waals surface area contributed by atoms with Gasteiger partial charge in [-0.05, 0) is 43.7 Å². The van der Waals surface area contributed by atoms with Gasteiger partial charge >= 0.3 is 0 Å². The standard InChI is InChI=1S/C16H19FN2O2/c1-11(2)21-14-6-4-12(8-15(14)20-3)9-18-13-5-7-16(17)19-10-13/h4-8,10-11,18H,9H2,1-3H3. The highest BCUT2D eigenvalue weighted by molar-refractivity contribution is 5.45. The van der Waals surface area contributed by atoms with Gasteiger partial charge in [0.25, 0.3) is 0 Å². The van der Waals surface area contributed by atoms with E-state index in [1.807, 2.05) is 32.0 Å². The fraction of sp³-hybridized carbons (Fsp3) is 0.312. The van der Waals surface area contributed by atoms with Crippen LogP contribution < -0.4 is 14.8 Å². The van der Waals surface area contributed by atoms with Crippen LogP contribution in [0.5, 0.6) is 11.5 Å². The number of nitrogens with one attached hydrogen (secondary N) is 1. The number of nitrogens with zero attached hydrogens (tertiary/aromatic N) is 1. The predicted octanol–water partition coefficient (Wildman–Crippen LogP) is 3.63. The van der Waals surface area contributed by atoms with Crippen LogP contribution in [-0.4, -0.2) is 18.2 Å². The third-order valence-electron chi connectivity index (χ3n) is 2.81. The molecule has 4 nitrogen and oxygen atoms in total. The smallest absolute Gasteiger partial charge is 0.212 e. The Bertz CT molecular complexity index is 585. The second-order valence-electron chi connectivity index (χ2n) is 4.87. The van der Waals surface area contributed by atoms with Crippen LogP contribution in [0.3, 0.4) is 0 Å². The van der Waals surface area contributed by atoms with Gasteiger partial charge in [-0.3, -0.25) is 0 Å². The second-order valence-corrected chi connectivity index (χ2v) is 4.87. The molecule has 0 amide bonds. The van der Waals surface area contributed by atoms with Gasteiger partial charge in [0.2, 0.25) is 5.95 Å². The Labute approximate surface area is 123 Å². The first-order valence-corrected chi connectivity index (χ1v) is 6.77. The van der Waals surface area contributed by atoms with Gasteiger partial charge in [0.15, 0.2) is 11.5 Å². The van der Waals surface area contributed by atoms with Gasteiger partial charge in [-0.25, -0.2) is 4.98 Å². The van der Waals surface area contributed by atoms with Crippen molar-refractivity contribution < 1.29 is 13.9 Å². The average molecular weight is 290 g/mol. The molecule has 5 heteroatoms. The molecule has 0 unspecified atom stereocenters. The van der Waals surface area contributed by atoms with Crippen LogP contribution in [0.2, 0.25) is 0 Å². The fourth-order valence-corrected chi connectivity index (χ4v) is 1.86. The van der Waals surface area contributed by atoms with E-state index in [9.17, 15) is 4.39 Å². The predicted molar refractivity (Wildman–Crippen MR) is 80.3 cm³/mol. The fourth-order valence-electron chi connectivity index (χ4n) is 1.86. The number of halogens is 1. The van der Waals surface area contributed by atoms with Gasteiger partial charge < -0.3 is 14.8 Å². The molecule has 21 heavy (non-hydrogen) atoms. The van der Waals surface area contributed by atoms with Crippen molar-refractivity contribution in [2.24, 2.45) is 0 Å². The molecule has 1 N–H and O–H groups in total. The first-order chi connectivity index (χ1) is 10.1. The monoisotopic (exact) mass is 290 g/mol. The van der Waals surface area contributed by atoms with Crippen molar-refractivity contribution in [3.8, 4) is 11.5 Å². The highest BCUT2D eigenvalue weighted by atomic mass is 19.1. The summed E-state index contributed by atoms with van der Waals surface area (Å²) in [5.74, 6) is 0.928. The summed E-state index contributed by atoms with van der Waals surface area (Å²) in [6, 6.07) is 8.74. The normalized spacial score (nSPS) is 10.5. The molecule has 0 spiro atoms. The lowest BCUT2D eigenvalue weighted by Crippen LogP contribution is -2.07. The van der Waals surface area contributed by atoms with Crippen molar-refractivity contribution in [2.75, 3.05) is 12.4 Å². The number of hydrogen-bond acceptors (Lipinski definition) is 4. The van der Waals surface area contributed by atoms with Crippen LogP contribution >= 0.6 is 0 Å². The van der Waals surface area contributed by atoms with E-state index in [-0.39, 0.29) is 6.10 Å². The molecule has 112 valence electrons. The lowest BCUT2D eigenvalue weighted by Gasteiger charge is -2.15. The minimum atomic E-state index is -0.489. The van der Waals surface area contributed by atoms with Crippen molar-refractivity contribution in [3.05, 3.63) is 48.0 Å². The van der Waals surface area contributed by atoms with Crippen LogP contribution in [0, 0.1) is 5.95 Å². The summed E-state index contributed by atoms with van der Waals surface area (Å²) in [5, 5.41) is 3.17. The third-order valence-corrected chi connectivity index (χ3v) is 2.81. The van der Waals surface area contributed by atoms with Crippen LogP contribution in [0.25, 0.3) is 0 Å². The van der Waals surface area contributed by atoms with Gasteiger partial charge in [0, 0.05) is 6.54 Å². The average Bonchev–Trinajstić information content (AvgIpc) is 2.47. The number of rotatable bonds is 6. The Morgan fingerprint density at radius 1 is 1.19 bits per heavy atom. The topological polar surface area (TPSA) is 43.4 Å². The summed E-state index contributed by atoms with van der Waals surface area (Å²) >= 11 is 0. The Balaban J connectivity index is 2.05. The summed E-state index contributed by atoms with van der Waals surface area (Å²) in [5.41, 5.74) is 1.80. The number of anilines is 1. The molecular formula is C16H19FN2O2. The van der Waals surface area contributed by atoms with Crippen molar-refractivity contribution >= 4 is 5.69 Å². The van der Waals surface area contributed by atoms with Gasteiger partial charge in [-0.15, -0.1) is 0 Å². The van der Waals surface area contributed by atoms with E-state index >= 15 is 0 Å². The van der Waals surface area contributed by atoms with Crippen LogP contribution in [0.15, 0.2) is 36.5 Å². The van der Waals surface area contributed by atoms with E-state index in [0.717, 1.165) is 17.0 Å². The molecule has 0 radical (unpaired) electrons. The molecule has 2 rings (SSSR count). The summed E-state index contributed by atoms with van der Waals surface area (Å²) in [7, 11) is 1.61. The Hall–Kier alpha value is -2.30. The minimum absolute atomic E-state index is 0.0909. The van der Waals surface area contributed by atoms with Crippen LogP contribution in [0.4, 0.5) is 10.1 Å². The van der Waals surface area contributed by atoms with Crippen molar-refractivity contribution in [3.63, 3.8) is 0 Å². The van der Waals surface area contributed by atoms with Gasteiger partial charge in [0.05, 0.1) is 25.1 Å². The summed E-state index contributed by atoms with van der Waals surface area (Å²) in [6.07, 6.45) is 1.55. The molecule has 0 saturated carbocycles. The van der Waals surface area contributed by atoms with E-state index < -0.39 is 5.95 Å². The van der Waals surface area contributed by atoms with Crippen LogP contribution in [0.1, 0.15) is 19.4 Å². The van der Waals surface area contributed by atoms with Crippen molar-refractivity contribution in [2.45, 2.75) is 26.5 Å². The van der Waals surface area contributed by atoms with E-state index in [2.05, 4.69) is 10.3 Å².